The number of nitrogens with zero attached hydrogens (tertiary/aromatic N) is 1. The maximum Gasteiger partial charge on any atom is 0.265 e. The minimum Gasteiger partial charge on any atom is -0.497 e. The van der Waals surface area contributed by atoms with Crippen molar-refractivity contribution in [2.75, 3.05) is 44.2 Å². The van der Waals surface area contributed by atoms with Gasteiger partial charge >= 0.3 is 0 Å². The molecule has 0 aromatic heterocycles. The fourth-order valence-corrected chi connectivity index (χ4v) is 3.58. The van der Waals surface area contributed by atoms with E-state index in [0.717, 1.165) is 11.5 Å². The lowest BCUT2D eigenvalue weighted by Crippen LogP contribution is -2.39. The van der Waals surface area contributed by atoms with E-state index in [2.05, 4.69) is 5.32 Å². The lowest BCUT2D eigenvalue weighted by molar-refractivity contribution is -0.121. The normalized spacial score (nSPS) is 12.4. The highest BCUT2D eigenvalue weighted by molar-refractivity contribution is 6.05. The van der Waals surface area contributed by atoms with Gasteiger partial charge in [-0.25, -0.2) is 0 Å². The van der Waals surface area contributed by atoms with Crippen LogP contribution in [0.5, 0.6) is 23.0 Å². The van der Waals surface area contributed by atoms with Gasteiger partial charge in [-0.2, -0.15) is 0 Å². The largest absolute Gasteiger partial charge is 0.497 e. The Morgan fingerprint density at radius 2 is 1.74 bits per heavy atom. The van der Waals surface area contributed by atoms with Crippen LogP contribution < -0.4 is 29.2 Å². The van der Waals surface area contributed by atoms with E-state index in [1.165, 1.54) is 0 Å². The Labute approximate surface area is 198 Å². The standard InChI is InChI=1S/C26H26N2O6/c1-31-20-8-10-21(11-9-20)33-14-4-13-28-23-16-19(7-12-24(23)34-17-25(28)29)27-26(30)18-5-3-6-22(15-18)32-2/h3,5-12,15-16H,4,13-14,17H2,1-2H3,(H,27,30). The van der Waals surface area contributed by atoms with Crippen molar-refractivity contribution in [1.82, 2.24) is 0 Å². The zero-order valence-corrected chi connectivity index (χ0v) is 19.1. The van der Waals surface area contributed by atoms with E-state index >= 15 is 0 Å². The molecule has 3 aromatic carbocycles. The predicted octanol–water partition coefficient (Wildman–Crippen LogP) is 4.15. The number of hydrogen-bond donors (Lipinski definition) is 1. The molecule has 8 heteroatoms. The molecule has 4 rings (SSSR count). The van der Waals surface area contributed by atoms with Crippen LogP contribution >= 0.6 is 0 Å². The zero-order valence-electron chi connectivity index (χ0n) is 19.1. The number of fused-ring (bicyclic) bond motifs is 1. The number of carbonyl (C=O) groups excluding carboxylic acids is 2. The molecule has 8 nitrogen and oxygen atoms in total. The third-order valence-electron chi connectivity index (χ3n) is 5.35. The van der Waals surface area contributed by atoms with Crippen molar-refractivity contribution < 1.29 is 28.5 Å². The molecule has 0 atom stereocenters. The summed E-state index contributed by atoms with van der Waals surface area (Å²) in [4.78, 5) is 26.9. The molecule has 1 heterocycles. The average molecular weight is 463 g/mol. The predicted molar refractivity (Wildman–Crippen MR) is 128 cm³/mol. The van der Waals surface area contributed by atoms with Crippen molar-refractivity contribution in [3.05, 3.63) is 72.3 Å². The lowest BCUT2D eigenvalue weighted by Gasteiger charge is -2.30. The Hall–Kier alpha value is -4.20. The van der Waals surface area contributed by atoms with Gasteiger partial charge in [0.05, 0.1) is 26.5 Å². The minimum absolute atomic E-state index is 0.0259. The van der Waals surface area contributed by atoms with Crippen molar-refractivity contribution in [3.8, 4) is 23.0 Å². The maximum atomic E-state index is 12.7. The topological polar surface area (TPSA) is 86.3 Å². The molecular formula is C26H26N2O6. The quantitative estimate of drug-likeness (QED) is 0.481. The van der Waals surface area contributed by atoms with Gasteiger partial charge in [-0.05, 0) is 67.1 Å². The van der Waals surface area contributed by atoms with E-state index in [9.17, 15) is 9.59 Å². The molecule has 0 saturated heterocycles. The van der Waals surface area contributed by atoms with Crippen molar-refractivity contribution in [2.45, 2.75) is 6.42 Å². The van der Waals surface area contributed by atoms with E-state index in [1.54, 1.807) is 61.6 Å². The molecule has 1 aliphatic rings. The third-order valence-corrected chi connectivity index (χ3v) is 5.35. The first-order chi connectivity index (χ1) is 16.6. The summed E-state index contributed by atoms with van der Waals surface area (Å²) < 4.78 is 21.7. The van der Waals surface area contributed by atoms with Crippen LogP contribution in [0.15, 0.2) is 66.7 Å². The molecule has 2 amide bonds. The van der Waals surface area contributed by atoms with Gasteiger partial charge in [0, 0.05) is 17.8 Å². The van der Waals surface area contributed by atoms with Gasteiger partial charge < -0.3 is 29.2 Å². The Bertz CT molecular complexity index is 1160. The number of nitrogens with one attached hydrogen (secondary N) is 1. The molecule has 0 unspecified atom stereocenters. The van der Waals surface area contributed by atoms with Crippen LogP contribution in [0.2, 0.25) is 0 Å². The van der Waals surface area contributed by atoms with Crippen molar-refractivity contribution >= 4 is 23.2 Å². The van der Waals surface area contributed by atoms with Crippen LogP contribution in [0.3, 0.4) is 0 Å². The van der Waals surface area contributed by atoms with E-state index < -0.39 is 0 Å². The molecular weight excluding hydrogens is 436 g/mol. The van der Waals surface area contributed by atoms with Gasteiger partial charge in [0.2, 0.25) is 0 Å². The van der Waals surface area contributed by atoms with Gasteiger partial charge in [-0.15, -0.1) is 0 Å². The highest BCUT2D eigenvalue weighted by atomic mass is 16.5. The first-order valence-electron chi connectivity index (χ1n) is 10.9. The number of amides is 2. The molecule has 0 aliphatic carbocycles. The van der Waals surface area contributed by atoms with Gasteiger partial charge in [0.1, 0.15) is 23.0 Å². The molecule has 34 heavy (non-hydrogen) atoms. The number of ether oxygens (including phenoxy) is 4. The molecule has 0 radical (unpaired) electrons. The van der Waals surface area contributed by atoms with Gasteiger partial charge in [0.15, 0.2) is 6.61 Å². The number of benzene rings is 3. The van der Waals surface area contributed by atoms with Crippen molar-refractivity contribution in [2.24, 2.45) is 0 Å². The summed E-state index contributed by atoms with van der Waals surface area (Å²) in [7, 11) is 3.16. The molecule has 176 valence electrons. The number of hydrogen-bond acceptors (Lipinski definition) is 6. The summed E-state index contributed by atoms with van der Waals surface area (Å²) in [6.45, 7) is 0.874. The molecule has 0 spiro atoms. The smallest absolute Gasteiger partial charge is 0.265 e. The van der Waals surface area contributed by atoms with Crippen LogP contribution in [-0.4, -0.2) is 45.8 Å². The van der Waals surface area contributed by atoms with Crippen molar-refractivity contribution in [1.29, 1.82) is 0 Å². The Balaban J connectivity index is 1.40. The summed E-state index contributed by atoms with van der Waals surface area (Å²) >= 11 is 0. The summed E-state index contributed by atoms with van der Waals surface area (Å²) in [6, 6.07) is 19.5. The SMILES string of the molecule is COc1ccc(OCCCN2C(=O)COc3ccc(NC(=O)c4cccc(OC)c4)cc32)cc1. The second kappa shape index (κ2) is 10.6. The number of carbonyl (C=O) groups is 2. The van der Waals surface area contributed by atoms with E-state index in [1.807, 2.05) is 24.3 Å². The van der Waals surface area contributed by atoms with E-state index in [0.29, 0.717) is 48.0 Å². The number of anilines is 2. The second-order valence-corrected chi connectivity index (χ2v) is 7.58. The fourth-order valence-electron chi connectivity index (χ4n) is 3.58. The molecule has 0 bridgehead atoms. The summed E-state index contributed by atoms with van der Waals surface area (Å²) in [5.74, 6) is 2.26. The van der Waals surface area contributed by atoms with E-state index in [-0.39, 0.29) is 18.4 Å². The van der Waals surface area contributed by atoms with Crippen LogP contribution in [0, 0.1) is 0 Å². The first kappa shape index (κ1) is 23.0. The highest BCUT2D eigenvalue weighted by Crippen LogP contribution is 2.35. The molecule has 1 aliphatic heterocycles. The molecule has 1 N–H and O–H groups in total. The van der Waals surface area contributed by atoms with E-state index in [4.69, 9.17) is 18.9 Å². The zero-order chi connectivity index (χ0) is 23.9. The van der Waals surface area contributed by atoms with Crippen LogP contribution in [0.4, 0.5) is 11.4 Å². The van der Waals surface area contributed by atoms with Crippen molar-refractivity contribution in [3.63, 3.8) is 0 Å². The Kier molecular flexibility index (Phi) is 7.17. The third kappa shape index (κ3) is 5.40. The summed E-state index contributed by atoms with van der Waals surface area (Å²) in [5.41, 5.74) is 1.64. The van der Waals surface area contributed by atoms with Crippen LogP contribution in [0.25, 0.3) is 0 Å². The number of methoxy groups -OCH3 is 2. The second-order valence-electron chi connectivity index (χ2n) is 7.58. The van der Waals surface area contributed by atoms with Gasteiger partial charge in [-0.3, -0.25) is 9.59 Å². The Morgan fingerprint density at radius 3 is 2.50 bits per heavy atom. The maximum absolute atomic E-state index is 12.7. The Morgan fingerprint density at radius 1 is 0.971 bits per heavy atom. The molecule has 0 saturated carbocycles. The van der Waals surface area contributed by atoms with Gasteiger partial charge in [-0.1, -0.05) is 6.07 Å². The highest BCUT2D eigenvalue weighted by Gasteiger charge is 2.25. The summed E-state index contributed by atoms with van der Waals surface area (Å²) in [5, 5.41) is 2.87. The average Bonchev–Trinajstić information content (AvgIpc) is 2.88. The molecule has 0 fully saturated rings. The monoisotopic (exact) mass is 462 g/mol. The fraction of sp³-hybridized carbons (Fsp3) is 0.231. The summed E-state index contributed by atoms with van der Waals surface area (Å²) in [6.07, 6.45) is 0.623. The number of rotatable bonds is 9. The van der Waals surface area contributed by atoms with Crippen LogP contribution in [0.1, 0.15) is 16.8 Å². The minimum atomic E-state index is -0.277. The van der Waals surface area contributed by atoms with Crippen LogP contribution in [-0.2, 0) is 4.79 Å². The molecule has 3 aromatic rings. The van der Waals surface area contributed by atoms with Gasteiger partial charge in [0.25, 0.3) is 11.8 Å². The lowest BCUT2D eigenvalue weighted by atomic mass is 10.1. The first-order valence-corrected chi connectivity index (χ1v) is 10.9.